The van der Waals surface area contributed by atoms with E-state index in [0.29, 0.717) is 17.4 Å². The Morgan fingerprint density at radius 1 is 1.05 bits per heavy atom. The van der Waals surface area contributed by atoms with E-state index in [1.54, 1.807) is 0 Å². The molecular formula is C28H36ClN6O7+. The van der Waals surface area contributed by atoms with Crippen LogP contribution in [0.15, 0.2) is 58.9 Å². The van der Waals surface area contributed by atoms with Gasteiger partial charge in [-0.2, -0.15) is 10.5 Å². The molecule has 3 heterocycles. The molecule has 42 heavy (non-hydrogen) atoms. The summed E-state index contributed by atoms with van der Waals surface area (Å²) in [6.07, 6.45) is -7.82. The molecular weight excluding hydrogens is 568 g/mol. The number of nitrogens with zero attached hydrogens (tertiary/aromatic N) is 4. The normalized spacial score (nSPS) is 26.0. The smallest absolute Gasteiger partial charge is 0.255 e. The fourth-order valence-electron chi connectivity index (χ4n) is 5.28. The van der Waals surface area contributed by atoms with Gasteiger partial charge >= 0.3 is 0 Å². The maximum Gasteiger partial charge on any atom is 0.255 e. The van der Waals surface area contributed by atoms with Gasteiger partial charge in [0.05, 0.1) is 0 Å². The highest BCUT2D eigenvalue weighted by atomic mass is 35.5. The van der Waals surface area contributed by atoms with E-state index >= 15 is 0 Å². The molecule has 3 aromatic rings. The first-order chi connectivity index (χ1) is 20.2. The van der Waals surface area contributed by atoms with Crippen LogP contribution in [0.2, 0.25) is 5.15 Å². The molecule has 0 spiro atoms. The molecule has 5 rings (SSSR count). The summed E-state index contributed by atoms with van der Waals surface area (Å²) in [5, 5.41) is 69.6. The minimum absolute atomic E-state index is 0.170. The number of aliphatic hydroxyl groups is 6. The van der Waals surface area contributed by atoms with E-state index in [9.17, 15) is 30.6 Å². The Bertz CT molecular complexity index is 1390. The van der Waals surface area contributed by atoms with Crippen molar-refractivity contribution in [2.24, 2.45) is 10.3 Å². The van der Waals surface area contributed by atoms with Crippen LogP contribution in [0.25, 0.3) is 11.1 Å². The third-order valence-corrected chi connectivity index (χ3v) is 7.93. The first-order valence-corrected chi connectivity index (χ1v) is 14.2. The Balaban J connectivity index is 1.33. The van der Waals surface area contributed by atoms with Gasteiger partial charge in [-0.3, -0.25) is 0 Å². The lowest BCUT2D eigenvalue weighted by molar-refractivity contribution is -0.703. The van der Waals surface area contributed by atoms with E-state index in [4.69, 9.17) is 16.3 Å². The standard InChI is InChI=1S/C28H35ClN6O7/c1-2-3-8-20-30-25(29)19(14-36)34(20)13-15-9-11-16(12-10-15)17-6-4-5-7-18(17)26-31-33-35(32-26)27-23(39)21(37)22(38)24(42-27)28(40)41/h4-7,9-12,21-24,26-28,32,36-41H,2-3,8,13-14H2,1H3/p+1. The van der Waals surface area contributed by atoms with Crippen molar-refractivity contribution < 1.29 is 39.9 Å². The van der Waals surface area contributed by atoms with Crippen LogP contribution >= 0.6 is 11.6 Å². The number of hydrazine groups is 1. The average Bonchev–Trinajstić information content (AvgIpc) is 3.59. The molecule has 2 aromatic carbocycles. The number of hydrogen-bond acceptors (Lipinski definition) is 11. The SMILES string of the molecule is CCCCc1[nH]c(Cl)c(CO)[n+]1Cc1ccc(-c2ccccc2C2N=NN(C3OC(C(O)O)C(O)C(O)C3O)N2)cc1. The van der Waals surface area contributed by atoms with Gasteiger partial charge in [-0.05, 0) is 34.7 Å². The molecule has 1 saturated heterocycles. The Hall–Kier alpha value is -2.98. The summed E-state index contributed by atoms with van der Waals surface area (Å²) in [6, 6.07) is 15.6. The minimum Gasteiger partial charge on any atom is -0.388 e. The summed E-state index contributed by atoms with van der Waals surface area (Å²) in [7, 11) is 0. The van der Waals surface area contributed by atoms with Crippen molar-refractivity contribution in [2.75, 3.05) is 0 Å². The van der Waals surface area contributed by atoms with Crippen molar-refractivity contribution in [3.05, 3.63) is 76.3 Å². The molecule has 0 saturated carbocycles. The average molecular weight is 604 g/mol. The zero-order chi connectivity index (χ0) is 30.0. The largest absolute Gasteiger partial charge is 0.388 e. The van der Waals surface area contributed by atoms with Crippen molar-refractivity contribution in [2.45, 2.75) is 82.4 Å². The van der Waals surface area contributed by atoms with Gasteiger partial charge in [0, 0.05) is 12.0 Å². The van der Waals surface area contributed by atoms with Gasteiger partial charge in [0.25, 0.3) is 5.82 Å². The molecule has 6 atom stereocenters. The Labute approximate surface area is 247 Å². The summed E-state index contributed by atoms with van der Waals surface area (Å²) < 4.78 is 7.48. The fourth-order valence-corrected chi connectivity index (χ4v) is 5.55. The number of halogens is 1. The third kappa shape index (κ3) is 6.06. The van der Waals surface area contributed by atoms with Crippen LogP contribution in [-0.4, -0.2) is 77.7 Å². The Kier molecular flexibility index (Phi) is 9.52. The summed E-state index contributed by atoms with van der Waals surface area (Å²) in [5.41, 5.74) is 7.26. The van der Waals surface area contributed by atoms with E-state index in [1.807, 2.05) is 53.1 Å². The predicted molar refractivity (Wildman–Crippen MR) is 149 cm³/mol. The molecule has 226 valence electrons. The van der Waals surface area contributed by atoms with Gasteiger partial charge in [-0.15, -0.1) is 5.11 Å². The van der Waals surface area contributed by atoms with E-state index < -0.39 is 43.1 Å². The molecule has 2 aliphatic rings. The lowest BCUT2D eigenvalue weighted by Gasteiger charge is -2.42. The van der Waals surface area contributed by atoms with Crippen molar-refractivity contribution in [1.82, 2.24) is 15.5 Å². The van der Waals surface area contributed by atoms with Crippen LogP contribution in [0.5, 0.6) is 0 Å². The maximum atomic E-state index is 10.5. The van der Waals surface area contributed by atoms with E-state index in [0.717, 1.165) is 52.5 Å². The molecule has 1 fully saturated rings. The number of ether oxygens (including phenoxy) is 1. The number of hydrogen-bond donors (Lipinski definition) is 8. The zero-order valence-electron chi connectivity index (χ0n) is 23.0. The predicted octanol–water partition coefficient (Wildman–Crippen LogP) is 0.810. The molecule has 0 radical (unpaired) electrons. The van der Waals surface area contributed by atoms with Crippen LogP contribution in [-0.2, 0) is 24.3 Å². The van der Waals surface area contributed by atoms with Gasteiger partial charge in [0.15, 0.2) is 24.4 Å². The number of nitrogens with one attached hydrogen (secondary N) is 2. The van der Waals surface area contributed by atoms with Gasteiger partial charge in [-0.25, -0.2) is 9.55 Å². The number of aromatic amines is 1. The second-order valence-corrected chi connectivity index (χ2v) is 10.8. The fraction of sp³-hybridized carbons (Fsp3) is 0.464. The first kappa shape index (κ1) is 30.5. The molecule has 2 aliphatic heterocycles. The minimum atomic E-state index is -2.09. The molecule has 13 nitrogen and oxygen atoms in total. The van der Waals surface area contributed by atoms with Crippen molar-refractivity contribution in [3.63, 3.8) is 0 Å². The molecule has 0 bridgehead atoms. The van der Waals surface area contributed by atoms with Crippen molar-refractivity contribution in [1.29, 1.82) is 0 Å². The molecule has 6 unspecified atom stereocenters. The van der Waals surface area contributed by atoms with Crippen LogP contribution < -0.4 is 9.99 Å². The highest BCUT2D eigenvalue weighted by molar-refractivity contribution is 6.29. The third-order valence-electron chi connectivity index (χ3n) is 7.62. The topological polar surface area (TPSA) is 190 Å². The summed E-state index contributed by atoms with van der Waals surface area (Å²) in [6.45, 7) is 2.50. The quantitative estimate of drug-likeness (QED) is 0.122. The number of rotatable bonds is 10. The van der Waals surface area contributed by atoms with Gasteiger partial charge in [-0.1, -0.05) is 67.1 Å². The Morgan fingerprint density at radius 2 is 1.79 bits per heavy atom. The van der Waals surface area contributed by atoms with Gasteiger partial charge in [0.2, 0.25) is 5.15 Å². The molecule has 8 N–H and O–H groups in total. The monoisotopic (exact) mass is 603 g/mol. The highest BCUT2D eigenvalue weighted by Crippen LogP contribution is 2.34. The number of unbranched alkanes of at least 4 members (excludes halogenated alkanes) is 1. The summed E-state index contributed by atoms with van der Waals surface area (Å²) in [4.78, 5) is 3.20. The van der Waals surface area contributed by atoms with Crippen LogP contribution in [0, 0.1) is 0 Å². The lowest BCUT2D eigenvalue weighted by atomic mass is 9.97. The number of aromatic nitrogens is 2. The van der Waals surface area contributed by atoms with Crippen molar-refractivity contribution in [3.8, 4) is 11.1 Å². The molecule has 0 amide bonds. The summed E-state index contributed by atoms with van der Waals surface area (Å²) in [5.74, 6) is 0.969. The van der Waals surface area contributed by atoms with E-state index in [-0.39, 0.29) is 6.61 Å². The molecule has 1 aromatic heterocycles. The second-order valence-electron chi connectivity index (χ2n) is 10.4. The summed E-state index contributed by atoms with van der Waals surface area (Å²) >= 11 is 6.35. The number of imidazole rings is 1. The number of benzene rings is 2. The Morgan fingerprint density at radius 3 is 2.48 bits per heavy atom. The van der Waals surface area contributed by atoms with Gasteiger partial charge < -0.3 is 35.4 Å². The van der Waals surface area contributed by atoms with Crippen LogP contribution in [0.4, 0.5) is 0 Å². The zero-order valence-corrected chi connectivity index (χ0v) is 23.7. The number of aliphatic hydroxyl groups excluding tert-OH is 5. The van der Waals surface area contributed by atoms with Crippen molar-refractivity contribution >= 4 is 11.6 Å². The lowest BCUT2D eigenvalue weighted by Crippen LogP contribution is -2.65. The van der Waals surface area contributed by atoms with Crippen LogP contribution in [0.3, 0.4) is 0 Å². The van der Waals surface area contributed by atoms with E-state index in [1.165, 1.54) is 0 Å². The van der Waals surface area contributed by atoms with E-state index in [2.05, 4.69) is 27.7 Å². The number of aryl methyl sites for hydroxylation is 1. The van der Waals surface area contributed by atoms with Crippen LogP contribution in [0.1, 0.15) is 48.6 Å². The van der Waals surface area contributed by atoms with Gasteiger partial charge in [0.1, 0.15) is 37.6 Å². The highest BCUT2D eigenvalue weighted by Gasteiger charge is 2.49. The number of H-pyrrole nitrogens is 1. The second kappa shape index (κ2) is 13.1. The first-order valence-electron chi connectivity index (χ1n) is 13.8. The molecule has 14 heteroatoms. The maximum absolute atomic E-state index is 10.5. The molecule has 0 aliphatic carbocycles.